The summed E-state index contributed by atoms with van der Waals surface area (Å²) in [5.41, 5.74) is 5.08. The molecule has 110 valence electrons. The van der Waals surface area contributed by atoms with Crippen molar-refractivity contribution >= 4 is 17.6 Å². The number of ether oxygens (including phenoxy) is 2. The number of rotatable bonds is 4. The van der Waals surface area contributed by atoms with Gasteiger partial charge in [-0.15, -0.1) is 0 Å². The summed E-state index contributed by atoms with van der Waals surface area (Å²) >= 11 is 0. The predicted octanol–water partition coefficient (Wildman–Crippen LogP) is 2.08. The summed E-state index contributed by atoms with van der Waals surface area (Å²) in [6.45, 7) is 6.98. The number of anilines is 1. The number of carbonyl (C=O) groups is 2. The smallest absolute Gasteiger partial charge is 0.344 e. The fourth-order valence-electron chi connectivity index (χ4n) is 0.995. The Morgan fingerprint density at radius 2 is 1.60 bits per heavy atom. The van der Waals surface area contributed by atoms with Crippen LogP contribution in [0.25, 0.3) is 0 Å². The van der Waals surface area contributed by atoms with Crippen LogP contribution in [0.2, 0.25) is 0 Å². The Hall–Kier alpha value is -2.37. The first-order chi connectivity index (χ1) is 9.43. The number of hydrogen-bond donors (Lipinski definition) is 1. The highest BCUT2D eigenvalue weighted by molar-refractivity contribution is 6.13. The van der Waals surface area contributed by atoms with Gasteiger partial charge in [0, 0.05) is 0 Å². The normalized spacial score (nSPS) is 8.95. The van der Waals surface area contributed by atoms with E-state index in [2.05, 4.69) is 16.1 Å². The third kappa shape index (κ3) is 6.53. The quantitative estimate of drug-likeness (QED) is 0.301. The van der Waals surface area contributed by atoms with Gasteiger partial charge in [0.2, 0.25) is 0 Å². The summed E-state index contributed by atoms with van der Waals surface area (Å²) in [5, 5.41) is 0. The van der Waals surface area contributed by atoms with Crippen molar-refractivity contribution in [3.05, 3.63) is 42.2 Å². The second-order valence-electron chi connectivity index (χ2n) is 3.44. The summed E-state index contributed by atoms with van der Waals surface area (Å²) in [4.78, 5) is 21.7. The van der Waals surface area contributed by atoms with Gasteiger partial charge in [0.05, 0.1) is 18.9 Å². The molecule has 0 aliphatic heterocycles. The molecule has 0 aromatic heterocycles. The lowest BCUT2D eigenvalue weighted by atomic mass is 10.3. The van der Waals surface area contributed by atoms with Gasteiger partial charge in [-0.2, -0.15) is 0 Å². The Kier molecular flexibility index (Phi) is 8.41. The molecule has 0 amide bonds. The minimum atomic E-state index is -0.726. The molecule has 1 aromatic rings. The molecule has 0 aliphatic carbocycles. The summed E-state index contributed by atoms with van der Waals surface area (Å²) in [6, 6.07) is 6.15. The predicted molar refractivity (Wildman–Crippen MR) is 73.2 cm³/mol. The first-order valence-electron chi connectivity index (χ1n) is 5.97. The molecule has 1 aromatic carbocycles. The Morgan fingerprint density at radius 3 is 1.90 bits per heavy atom. The third-order valence-electron chi connectivity index (χ3n) is 1.95. The number of esters is 2. The van der Waals surface area contributed by atoms with Crippen LogP contribution in [0.1, 0.15) is 13.8 Å². The van der Waals surface area contributed by atoms with E-state index in [0.29, 0.717) is 0 Å². The zero-order chi connectivity index (χ0) is 15.5. The van der Waals surface area contributed by atoms with E-state index >= 15 is 0 Å². The Bertz CT molecular complexity index is 433. The molecule has 0 atom stereocenters. The first-order valence-corrected chi connectivity index (χ1v) is 5.97. The van der Waals surface area contributed by atoms with Gasteiger partial charge >= 0.3 is 11.9 Å². The van der Waals surface area contributed by atoms with Crippen molar-refractivity contribution in [3.63, 3.8) is 0 Å². The van der Waals surface area contributed by atoms with Gasteiger partial charge < -0.3 is 15.2 Å². The highest BCUT2D eigenvalue weighted by Gasteiger charge is 2.17. The van der Waals surface area contributed by atoms with Gasteiger partial charge in [0.25, 0.3) is 0 Å². The Balaban J connectivity index is 0.000000388. The van der Waals surface area contributed by atoms with E-state index in [0.717, 1.165) is 0 Å². The van der Waals surface area contributed by atoms with Crippen LogP contribution in [-0.4, -0.2) is 25.2 Å². The number of carbonyl (C=O) groups excluding carboxylic acids is 2. The van der Waals surface area contributed by atoms with Gasteiger partial charge in [-0.25, -0.2) is 14.0 Å². The van der Waals surface area contributed by atoms with Crippen molar-refractivity contribution in [1.82, 2.24) is 0 Å². The molecule has 0 saturated carbocycles. The van der Waals surface area contributed by atoms with Crippen LogP contribution in [-0.2, 0) is 19.1 Å². The van der Waals surface area contributed by atoms with Gasteiger partial charge in [-0.05, 0) is 26.0 Å². The monoisotopic (exact) mass is 283 g/mol. The van der Waals surface area contributed by atoms with E-state index < -0.39 is 11.9 Å². The van der Waals surface area contributed by atoms with Crippen molar-refractivity contribution in [2.75, 3.05) is 18.9 Å². The maximum Gasteiger partial charge on any atom is 0.344 e. The lowest BCUT2D eigenvalue weighted by Gasteiger charge is -2.03. The molecular weight excluding hydrogens is 265 g/mol. The summed E-state index contributed by atoms with van der Waals surface area (Å²) < 4.78 is 21.3. The number of hydrogen-bond acceptors (Lipinski definition) is 5. The molecule has 0 radical (unpaired) electrons. The summed E-state index contributed by atoms with van der Waals surface area (Å²) in [6.07, 6.45) is 0. The molecule has 0 spiro atoms. The third-order valence-corrected chi connectivity index (χ3v) is 1.95. The zero-order valence-electron chi connectivity index (χ0n) is 11.5. The molecule has 0 saturated heterocycles. The molecule has 1 rings (SSSR count). The van der Waals surface area contributed by atoms with Gasteiger partial charge in [0.1, 0.15) is 11.4 Å². The number of nitrogen functional groups attached to an aromatic ring is 1. The van der Waals surface area contributed by atoms with E-state index in [-0.39, 0.29) is 30.3 Å². The molecule has 0 fully saturated rings. The van der Waals surface area contributed by atoms with Crippen LogP contribution < -0.4 is 5.73 Å². The fourth-order valence-corrected chi connectivity index (χ4v) is 0.995. The van der Waals surface area contributed by atoms with Crippen molar-refractivity contribution in [2.45, 2.75) is 13.8 Å². The molecule has 5 nitrogen and oxygen atoms in total. The lowest BCUT2D eigenvalue weighted by Crippen LogP contribution is -2.17. The van der Waals surface area contributed by atoms with Crippen LogP contribution in [0.5, 0.6) is 0 Å². The highest BCUT2D eigenvalue weighted by Crippen LogP contribution is 2.05. The number of halogens is 1. The van der Waals surface area contributed by atoms with Crippen molar-refractivity contribution in [2.24, 2.45) is 0 Å². The maximum absolute atomic E-state index is 12.2. The van der Waals surface area contributed by atoms with Crippen LogP contribution in [0.4, 0.5) is 10.1 Å². The molecule has 0 aliphatic rings. The zero-order valence-corrected chi connectivity index (χ0v) is 11.5. The topological polar surface area (TPSA) is 78.6 Å². The molecule has 0 unspecified atom stereocenters. The van der Waals surface area contributed by atoms with Crippen molar-refractivity contribution in [3.8, 4) is 0 Å². The molecule has 20 heavy (non-hydrogen) atoms. The summed E-state index contributed by atoms with van der Waals surface area (Å²) in [5.74, 6) is -1.81. The largest absolute Gasteiger partial charge is 0.462 e. The molecular formula is C14H18FNO4. The second-order valence-corrected chi connectivity index (χ2v) is 3.44. The van der Waals surface area contributed by atoms with E-state index in [4.69, 9.17) is 5.73 Å². The molecule has 0 bridgehead atoms. The van der Waals surface area contributed by atoms with Gasteiger partial charge in [-0.3, -0.25) is 0 Å². The average molecular weight is 283 g/mol. The number of benzene rings is 1. The van der Waals surface area contributed by atoms with Crippen LogP contribution in [0, 0.1) is 5.82 Å². The summed E-state index contributed by atoms with van der Waals surface area (Å²) in [7, 11) is 0. The average Bonchev–Trinajstić information content (AvgIpc) is 2.42. The van der Waals surface area contributed by atoms with Crippen molar-refractivity contribution in [1.29, 1.82) is 0 Å². The van der Waals surface area contributed by atoms with E-state index in [1.807, 2.05) is 0 Å². The molecule has 6 heteroatoms. The van der Waals surface area contributed by atoms with Crippen LogP contribution in [0.15, 0.2) is 36.4 Å². The van der Waals surface area contributed by atoms with Gasteiger partial charge in [-0.1, -0.05) is 18.7 Å². The molecule has 0 heterocycles. The Morgan fingerprint density at radius 1 is 1.15 bits per heavy atom. The Labute approximate surface area is 117 Å². The number of para-hydroxylation sites is 1. The minimum Gasteiger partial charge on any atom is -0.462 e. The molecule has 2 N–H and O–H groups in total. The SMILES string of the molecule is C=C(C(=O)OCC)C(=O)OCC.Nc1ccccc1F. The fraction of sp³-hybridized carbons (Fsp3) is 0.286. The van der Waals surface area contributed by atoms with E-state index in [1.54, 1.807) is 26.0 Å². The van der Waals surface area contributed by atoms with Gasteiger partial charge in [0.15, 0.2) is 0 Å². The van der Waals surface area contributed by atoms with Crippen LogP contribution in [0.3, 0.4) is 0 Å². The van der Waals surface area contributed by atoms with Crippen LogP contribution >= 0.6 is 0 Å². The first kappa shape index (κ1) is 17.6. The second kappa shape index (κ2) is 9.55. The van der Waals surface area contributed by atoms with Crippen molar-refractivity contribution < 1.29 is 23.5 Å². The standard InChI is InChI=1S/C8H12O4.C6H6FN/c1-4-11-7(9)6(3)8(10)12-5-2;7-5-3-1-2-4-6(5)8/h3-5H2,1-2H3;1-4H,8H2. The van der Waals surface area contributed by atoms with E-state index in [9.17, 15) is 14.0 Å². The number of nitrogens with two attached hydrogens (primary N) is 1. The maximum atomic E-state index is 12.2. The lowest BCUT2D eigenvalue weighted by molar-refractivity contribution is -0.146. The van der Waals surface area contributed by atoms with E-state index in [1.165, 1.54) is 12.1 Å². The minimum absolute atomic E-state index is 0.201. The highest BCUT2D eigenvalue weighted by atomic mass is 19.1.